The van der Waals surface area contributed by atoms with E-state index in [-0.39, 0.29) is 5.44 Å². The van der Waals surface area contributed by atoms with Crippen molar-refractivity contribution >= 4 is 11.8 Å². The summed E-state index contributed by atoms with van der Waals surface area (Å²) < 4.78 is 6.14. The lowest BCUT2D eigenvalue weighted by molar-refractivity contribution is 0.0993. The van der Waals surface area contributed by atoms with Crippen LogP contribution >= 0.6 is 11.8 Å². The van der Waals surface area contributed by atoms with E-state index in [0.29, 0.717) is 6.61 Å². The number of pyridine rings is 1. The highest BCUT2D eigenvalue weighted by atomic mass is 32.2. The molecule has 0 N–H and O–H groups in total. The van der Waals surface area contributed by atoms with Gasteiger partial charge < -0.3 is 4.74 Å². The van der Waals surface area contributed by atoms with Crippen LogP contribution in [0.1, 0.15) is 16.6 Å². The molecule has 0 aliphatic rings. The van der Waals surface area contributed by atoms with Gasteiger partial charge in [0.2, 0.25) is 0 Å². The predicted molar refractivity (Wildman–Crippen MR) is 90.5 cm³/mol. The summed E-state index contributed by atoms with van der Waals surface area (Å²) >= 11 is 1.63. The van der Waals surface area contributed by atoms with E-state index in [1.165, 1.54) is 5.56 Å². The van der Waals surface area contributed by atoms with Crippen LogP contribution in [-0.2, 0) is 11.3 Å². The van der Waals surface area contributed by atoms with Crippen LogP contribution in [-0.4, -0.2) is 4.98 Å². The second-order valence-electron chi connectivity index (χ2n) is 4.83. The van der Waals surface area contributed by atoms with Gasteiger partial charge in [-0.2, -0.15) is 0 Å². The maximum Gasteiger partial charge on any atom is 0.134 e. The third kappa shape index (κ3) is 4.20. The highest BCUT2D eigenvalue weighted by Gasteiger charge is 2.14. The van der Waals surface area contributed by atoms with Crippen molar-refractivity contribution in [2.45, 2.75) is 17.1 Å². The summed E-state index contributed by atoms with van der Waals surface area (Å²) in [4.78, 5) is 4.38. The van der Waals surface area contributed by atoms with Gasteiger partial charge in [-0.3, -0.25) is 0 Å². The highest BCUT2D eigenvalue weighted by molar-refractivity contribution is 7.99. The van der Waals surface area contributed by atoms with Crippen LogP contribution in [0.15, 0.2) is 90.1 Å². The first-order chi connectivity index (χ1) is 10.9. The number of benzene rings is 2. The fraction of sp³-hybridized carbons (Fsp3) is 0.105. The van der Waals surface area contributed by atoms with Crippen LogP contribution in [0.2, 0.25) is 0 Å². The number of aromatic nitrogens is 1. The molecule has 3 heteroatoms. The zero-order chi connectivity index (χ0) is 15.0. The molecule has 2 aromatic carbocycles. The van der Waals surface area contributed by atoms with Gasteiger partial charge in [-0.1, -0.05) is 78.5 Å². The summed E-state index contributed by atoms with van der Waals surface area (Å²) in [6.07, 6.45) is 1.81. The molecule has 1 atom stereocenters. The maximum atomic E-state index is 6.14. The predicted octanol–water partition coefficient (Wildman–Crippen LogP) is 5.09. The zero-order valence-corrected chi connectivity index (χ0v) is 12.9. The summed E-state index contributed by atoms with van der Waals surface area (Å²) in [5, 5.41) is 0.962. The SMILES string of the molecule is c1ccc(COC(Sc2ccccn2)c2ccccc2)cc1. The van der Waals surface area contributed by atoms with E-state index >= 15 is 0 Å². The smallest absolute Gasteiger partial charge is 0.134 e. The standard InChI is InChI=1S/C19H17NOS/c1-3-9-16(10-4-1)15-21-19(17-11-5-2-6-12-17)22-18-13-7-8-14-20-18/h1-14,19H,15H2. The lowest BCUT2D eigenvalue weighted by Crippen LogP contribution is -2.01. The quantitative estimate of drug-likeness (QED) is 0.468. The van der Waals surface area contributed by atoms with Crippen molar-refractivity contribution in [2.75, 3.05) is 0 Å². The largest absolute Gasteiger partial charge is 0.358 e. The van der Waals surface area contributed by atoms with E-state index in [1.54, 1.807) is 11.8 Å². The Morgan fingerprint density at radius 3 is 2.18 bits per heavy atom. The summed E-state index contributed by atoms with van der Waals surface area (Å²) in [6.45, 7) is 0.584. The number of hydrogen-bond acceptors (Lipinski definition) is 3. The molecule has 1 heterocycles. The van der Waals surface area contributed by atoms with Gasteiger partial charge in [-0.05, 0) is 23.3 Å². The van der Waals surface area contributed by atoms with Gasteiger partial charge in [-0.25, -0.2) is 4.98 Å². The molecule has 3 rings (SSSR count). The second kappa shape index (κ2) is 7.78. The molecule has 0 radical (unpaired) electrons. The van der Waals surface area contributed by atoms with Crippen LogP contribution < -0.4 is 0 Å². The Balaban J connectivity index is 1.74. The van der Waals surface area contributed by atoms with Crippen molar-refractivity contribution in [3.05, 3.63) is 96.2 Å². The van der Waals surface area contributed by atoms with E-state index in [9.17, 15) is 0 Å². The highest BCUT2D eigenvalue weighted by Crippen LogP contribution is 2.35. The molecule has 0 amide bonds. The molecule has 22 heavy (non-hydrogen) atoms. The molecule has 0 aliphatic heterocycles. The third-order valence-corrected chi connectivity index (χ3v) is 4.29. The number of nitrogens with zero attached hydrogens (tertiary/aromatic N) is 1. The fourth-order valence-electron chi connectivity index (χ4n) is 2.08. The Kier molecular flexibility index (Phi) is 5.24. The second-order valence-corrected chi connectivity index (χ2v) is 5.91. The molecule has 0 fully saturated rings. The van der Waals surface area contributed by atoms with Crippen molar-refractivity contribution in [3.8, 4) is 0 Å². The van der Waals surface area contributed by atoms with Crippen molar-refractivity contribution < 1.29 is 4.74 Å². The minimum absolute atomic E-state index is 0.0729. The fourth-order valence-corrected chi connectivity index (χ4v) is 3.01. The van der Waals surface area contributed by atoms with E-state index in [1.807, 2.05) is 60.8 Å². The lowest BCUT2D eigenvalue weighted by atomic mass is 10.2. The van der Waals surface area contributed by atoms with E-state index < -0.39 is 0 Å². The molecule has 0 aliphatic carbocycles. The molecular weight excluding hydrogens is 290 g/mol. The topological polar surface area (TPSA) is 22.1 Å². The molecule has 2 nitrogen and oxygen atoms in total. The van der Waals surface area contributed by atoms with Gasteiger partial charge in [0.1, 0.15) is 5.44 Å². The van der Waals surface area contributed by atoms with Gasteiger partial charge in [-0.15, -0.1) is 0 Å². The summed E-state index contributed by atoms with van der Waals surface area (Å²) in [7, 11) is 0. The summed E-state index contributed by atoms with van der Waals surface area (Å²) in [6, 6.07) is 26.4. The number of hydrogen-bond donors (Lipinski definition) is 0. The van der Waals surface area contributed by atoms with Crippen LogP contribution in [0, 0.1) is 0 Å². The average molecular weight is 307 g/mol. The van der Waals surface area contributed by atoms with Crippen molar-refractivity contribution in [1.82, 2.24) is 4.98 Å². The molecule has 0 spiro atoms. The minimum Gasteiger partial charge on any atom is -0.358 e. The van der Waals surface area contributed by atoms with E-state index in [2.05, 4.69) is 29.2 Å². The van der Waals surface area contributed by atoms with Gasteiger partial charge in [0.25, 0.3) is 0 Å². The summed E-state index contributed by atoms with van der Waals surface area (Å²) in [5.74, 6) is 0. The minimum atomic E-state index is -0.0729. The lowest BCUT2D eigenvalue weighted by Gasteiger charge is -2.17. The molecule has 1 aromatic heterocycles. The maximum absolute atomic E-state index is 6.14. The monoisotopic (exact) mass is 307 g/mol. The Hall–Kier alpha value is -2.10. The molecule has 0 saturated carbocycles. The molecule has 110 valence electrons. The number of ether oxygens (including phenoxy) is 1. The number of rotatable bonds is 6. The van der Waals surface area contributed by atoms with Crippen LogP contribution in [0.5, 0.6) is 0 Å². The van der Waals surface area contributed by atoms with Crippen molar-refractivity contribution in [2.24, 2.45) is 0 Å². The van der Waals surface area contributed by atoms with Crippen LogP contribution in [0.25, 0.3) is 0 Å². The Bertz CT molecular complexity index is 674. The van der Waals surface area contributed by atoms with Gasteiger partial charge in [0, 0.05) is 6.20 Å². The first-order valence-electron chi connectivity index (χ1n) is 7.20. The van der Waals surface area contributed by atoms with Gasteiger partial charge in [0.05, 0.1) is 11.6 Å². The van der Waals surface area contributed by atoms with E-state index in [0.717, 1.165) is 10.6 Å². The molecule has 0 saturated heterocycles. The molecule has 3 aromatic rings. The Labute approximate surface area is 135 Å². The first-order valence-corrected chi connectivity index (χ1v) is 8.08. The third-order valence-electron chi connectivity index (χ3n) is 3.18. The normalized spacial score (nSPS) is 12.0. The van der Waals surface area contributed by atoms with Crippen LogP contribution in [0.4, 0.5) is 0 Å². The van der Waals surface area contributed by atoms with Crippen molar-refractivity contribution in [3.63, 3.8) is 0 Å². The first kappa shape index (κ1) is 14.8. The van der Waals surface area contributed by atoms with Crippen molar-refractivity contribution in [1.29, 1.82) is 0 Å². The van der Waals surface area contributed by atoms with E-state index in [4.69, 9.17) is 4.74 Å². The zero-order valence-electron chi connectivity index (χ0n) is 12.1. The number of thioether (sulfide) groups is 1. The Morgan fingerprint density at radius 2 is 1.50 bits per heavy atom. The molecular formula is C19H17NOS. The Morgan fingerprint density at radius 1 is 0.818 bits per heavy atom. The molecule has 1 unspecified atom stereocenters. The average Bonchev–Trinajstić information content (AvgIpc) is 2.61. The summed E-state index contributed by atoms with van der Waals surface area (Å²) in [5.41, 5.74) is 2.25. The van der Waals surface area contributed by atoms with Gasteiger partial charge >= 0.3 is 0 Å². The van der Waals surface area contributed by atoms with Crippen LogP contribution in [0.3, 0.4) is 0 Å². The van der Waals surface area contributed by atoms with Gasteiger partial charge in [0.15, 0.2) is 0 Å². The molecule has 0 bridgehead atoms.